The molecule has 2 aromatic rings. The molecule has 1 aromatic heterocycles. The van der Waals surface area contributed by atoms with E-state index in [4.69, 9.17) is 17.3 Å². The fourth-order valence-electron chi connectivity index (χ4n) is 1.56. The molecule has 106 valence electrons. The smallest absolute Gasteiger partial charge is 0.256 e. The largest absolute Gasteiger partial charge is 0.320 e. The van der Waals surface area contributed by atoms with Crippen molar-refractivity contribution in [2.75, 3.05) is 11.9 Å². The summed E-state index contributed by atoms with van der Waals surface area (Å²) in [5.41, 5.74) is 6.12. The molecule has 1 aromatic carbocycles. The minimum Gasteiger partial charge on any atom is -0.320 e. The second-order valence-corrected chi connectivity index (χ2v) is 4.43. The van der Waals surface area contributed by atoms with E-state index in [1.807, 2.05) is 0 Å². The van der Waals surface area contributed by atoms with Crippen LogP contribution in [0.3, 0.4) is 0 Å². The van der Waals surface area contributed by atoms with E-state index in [1.54, 1.807) is 12.1 Å². The number of nitrogens with two attached hydrogens (primary N) is 1. The molecule has 0 saturated heterocycles. The van der Waals surface area contributed by atoms with Crippen LogP contribution < -0.4 is 11.1 Å². The van der Waals surface area contributed by atoms with Gasteiger partial charge < -0.3 is 11.1 Å². The Morgan fingerprint density at radius 3 is 2.90 bits per heavy atom. The van der Waals surface area contributed by atoms with Crippen molar-refractivity contribution in [3.8, 4) is 11.8 Å². The average Bonchev–Trinajstić information content (AvgIpc) is 2.48. The lowest BCUT2D eigenvalue weighted by atomic mass is 10.2. The van der Waals surface area contributed by atoms with Crippen molar-refractivity contribution < 1.29 is 9.18 Å². The van der Waals surface area contributed by atoms with E-state index in [1.165, 1.54) is 18.3 Å². The maximum atomic E-state index is 13.3. The summed E-state index contributed by atoms with van der Waals surface area (Å²) in [6.45, 7) is 0.244. The Hall–Kier alpha value is -2.42. The number of pyridine rings is 1. The fourth-order valence-corrected chi connectivity index (χ4v) is 1.67. The van der Waals surface area contributed by atoms with Crippen molar-refractivity contribution in [3.05, 3.63) is 58.5 Å². The highest BCUT2D eigenvalue weighted by Crippen LogP contribution is 2.16. The van der Waals surface area contributed by atoms with Gasteiger partial charge in [-0.15, -0.1) is 0 Å². The summed E-state index contributed by atoms with van der Waals surface area (Å²) >= 11 is 5.57. The highest BCUT2D eigenvalue weighted by Gasteiger charge is 2.09. The molecule has 0 aliphatic heterocycles. The molecular formula is C15H11ClFN3O. The molecule has 1 heterocycles. The molecule has 0 fully saturated rings. The quantitative estimate of drug-likeness (QED) is 0.837. The number of carbonyl (C=O) groups is 1. The molecule has 2 rings (SSSR count). The molecule has 6 heteroatoms. The molecular weight excluding hydrogens is 293 g/mol. The van der Waals surface area contributed by atoms with Gasteiger partial charge in [-0.05, 0) is 30.3 Å². The number of hydrogen-bond donors (Lipinski definition) is 2. The lowest BCUT2D eigenvalue weighted by molar-refractivity contribution is 0.102. The lowest BCUT2D eigenvalue weighted by Gasteiger charge is -2.05. The third kappa shape index (κ3) is 4.02. The van der Waals surface area contributed by atoms with Gasteiger partial charge in [0.25, 0.3) is 5.91 Å². The molecule has 0 bridgehead atoms. The van der Waals surface area contributed by atoms with E-state index in [2.05, 4.69) is 22.1 Å². The molecule has 0 spiro atoms. The van der Waals surface area contributed by atoms with Crippen LogP contribution >= 0.6 is 11.6 Å². The Kier molecular flexibility index (Phi) is 4.88. The third-order valence-corrected chi connectivity index (χ3v) is 2.82. The summed E-state index contributed by atoms with van der Waals surface area (Å²) < 4.78 is 13.3. The highest BCUT2D eigenvalue weighted by atomic mass is 35.5. The molecule has 0 atom stereocenters. The molecule has 0 radical (unpaired) electrons. The monoisotopic (exact) mass is 303 g/mol. The van der Waals surface area contributed by atoms with Crippen LogP contribution in [-0.2, 0) is 0 Å². The van der Waals surface area contributed by atoms with Crippen LogP contribution in [0.15, 0.2) is 36.5 Å². The Morgan fingerprint density at radius 1 is 1.38 bits per heavy atom. The topological polar surface area (TPSA) is 68.0 Å². The standard InChI is InChI=1S/C15H11ClFN3O/c16-12-4-3-11(9-13(12)17)15(21)20-14-8-10(2-1-6-18)5-7-19-14/h3-5,7-9H,6,18H2,(H,19,20,21). The predicted molar refractivity (Wildman–Crippen MR) is 79.5 cm³/mol. The Balaban J connectivity index is 2.17. The van der Waals surface area contributed by atoms with Gasteiger partial charge in [-0.25, -0.2) is 9.37 Å². The SMILES string of the molecule is NCC#Cc1ccnc(NC(=O)c2ccc(Cl)c(F)c2)c1. The number of nitrogens with one attached hydrogen (secondary N) is 1. The maximum Gasteiger partial charge on any atom is 0.256 e. The first-order chi connectivity index (χ1) is 10.1. The predicted octanol–water partition coefficient (Wildman–Crippen LogP) is 2.44. The first kappa shape index (κ1) is 15.0. The number of rotatable bonds is 2. The van der Waals surface area contributed by atoms with Gasteiger partial charge in [0.1, 0.15) is 11.6 Å². The lowest BCUT2D eigenvalue weighted by Crippen LogP contribution is -2.13. The zero-order valence-electron chi connectivity index (χ0n) is 10.9. The van der Waals surface area contributed by atoms with Gasteiger partial charge in [-0.2, -0.15) is 0 Å². The van der Waals surface area contributed by atoms with Gasteiger partial charge in [0.05, 0.1) is 11.6 Å². The molecule has 0 saturated carbocycles. The number of anilines is 1. The summed E-state index contributed by atoms with van der Waals surface area (Å²) in [4.78, 5) is 16.0. The van der Waals surface area contributed by atoms with E-state index in [-0.39, 0.29) is 17.1 Å². The van der Waals surface area contributed by atoms with Gasteiger partial charge in [0.15, 0.2) is 0 Å². The first-order valence-electron chi connectivity index (χ1n) is 6.01. The number of aromatic nitrogens is 1. The van der Waals surface area contributed by atoms with Crippen molar-refractivity contribution in [1.82, 2.24) is 4.98 Å². The van der Waals surface area contributed by atoms with Crippen molar-refractivity contribution in [2.45, 2.75) is 0 Å². The van der Waals surface area contributed by atoms with Crippen LogP contribution in [0.2, 0.25) is 5.02 Å². The van der Waals surface area contributed by atoms with Gasteiger partial charge in [0, 0.05) is 17.3 Å². The average molecular weight is 304 g/mol. The van der Waals surface area contributed by atoms with E-state index in [0.717, 1.165) is 6.07 Å². The fraction of sp³-hybridized carbons (Fsp3) is 0.0667. The number of amides is 1. The summed E-state index contributed by atoms with van der Waals surface area (Å²) in [5, 5.41) is 2.52. The first-order valence-corrected chi connectivity index (χ1v) is 6.39. The Bertz CT molecular complexity index is 737. The van der Waals surface area contributed by atoms with Crippen LogP contribution in [0.1, 0.15) is 15.9 Å². The van der Waals surface area contributed by atoms with Crippen LogP contribution in [0.25, 0.3) is 0 Å². The van der Waals surface area contributed by atoms with Crippen LogP contribution in [0, 0.1) is 17.7 Å². The number of hydrogen-bond acceptors (Lipinski definition) is 3. The molecule has 0 aliphatic rings. The van der Waals surface area contributed by atoms with E-state index in [0.29, 0.717) is 11.4 Å². The van der Waals surface area contributed by atoms with Crippen molar-refractivity contribution in [3.63, 3.8) is 0 Å². The van der Waals surface area contributed by atoms with Crippen LogP contribution in [0.4, 0.5) is 10.2 Å². The van der Waals surface area contributed by atoms with Crippen LogP contribution in [0.5, 0.6) is 0 Å². The normalized spacial score (nSPS) is 9.67. The number of halogens is 2. The summed E-state index contributed by atoms with van der Waals surface area (Å²) in [6, 6.07) is 7.12. The molecule has 0 aliphatic carbocycles. The number of nitrogens with zero attached hydrogens (tertiary/aromatic N) is 1. The zero-order chi connectivity index (χ0) is 15.2. The Morgan fingerprint density at radius 2 is 2.19 bits per heavy atom. The van der Waals surface area contributed by atoms with Crippen LogP contribution in [-0.4, -0.2) is 17.4 Å². The summed E-state index contributed by atoms with van der Waals surface area (Å²) in [5.74, 6) is 4.72. The zero-order valence-corrected chi connectivity index (χ0v) is 11.6. The molecule has 21 heavy (non-hydrogen) atoms. The van der Waals surface area contributed by atoms with Gasteiger partial charge in [-0.3, -0.25) is 4.79 Å². The summed E-state index contributed by atoms with van der Waals surface area (Å²) in [7, 11) is 0. The van der Waals surface area contributed by atoms with E-state index >= 15 is 0 Å². The minimum absolute atomic E-state index is 0.0382. The molecule has 1 amide bonds. The molecule has 4 nitrogen and oxygen atoms in total. The van der Waals surface area contributed by atoms with Gasteiger partial charge >= 0.3 is 0 Å². The number of carbonyl (C=O) groups excluding carboxylic acids is 1. The molecule has 0 unspecified atom stereocenters. The second-order valence-electron chi connectivity index (χ2n) is 4.02. The summed E-state index contributed by atoms with van der Waals surface area (Å²) in [6.07, 6.45) is 1.51. The molecule has 3 N–H and O–H groups in total. The minimum atomic E-state index is -0.653. The number of benzene rings is 1. The second kappa shape index (κ2) is 6.84. The van der Waals surface area contributed by atoms with Crippen molar-refractivity contribution >= 4 is 23.3 Å². The maximum absolute atomic E-state index is 13.3. The van der Waals surface area contributed by atoms with E-state index < -0.39 is 11.7 Å². The Labute approximate surface area is 126 Å². The van der Waals surface area contributed by atoms with Gasteiger partial charge in [0.2, 0.25) is 0 Å². The highest BCUT2D eigenvalue weighted by molar-refractivity contribution is 6.30. The third-order valence-electron chi connectivity index (χ3n) is 2.52. The van der Waals surface area contributed by atoms with Crippen molar-refractivity contribution in [1.29, 1.82) is 0 Å². The van der Waals surface area contributed by atoms with Crippen molar-refractivity contribution in [2.24, 2.45) is 5.73 Å². The van der Waals surface area contributed by atoms with E-state index in [9.17, 15) is 9.18 Å². The van der Waals surface area contributed by atoms with Gasteiger partial charge in [-0.1, -0.05) is 23.4 Å².